The van der Waals surface area contributed by atoms with E-state index in [9.17, 15) is 9.18 Å². The summed E-state index contributed by atoms with van der Waals surface area (Å²) in [6.45, 7) is 1.77. The lowest BCUT2D eigenvalue weighted by Gasteiger charge is -2.06. The first-order chi connectivity index (χ1) is 13.1. The molecular weight excluding hydrogens is 353 g/mol. The van der Waals surface area contributed by atoms with Gasteiger partial charge in [-0.15, -0.1) is 0 Å². The number of benzene rings is 1. The third-order valence-corrected chi connectivity index (χ3v) is 4.14. The van der Waals surface area contributed by atoms with Crippen LogP contribution in [-0.2, 0) is 22.6 Å². The first-order valence-corrected chi connectivity index (χ1v) is 8.35. The second-order valence-electron chi connectivity index (χ2n) is 5.98. The molecule has 0 radical (unpaired) electrons. The number of aromatic nitrogens is 2. The number of fused-ring (bicyclic) bond motifs is 1. The Bertz CT molecular complexity index is 925. The summed E-state index contributed by atoms with van der Waals surface area (Å²) >= 11 is 0. The normalized spacial score (nSPS) is 11.1. The topological polar surface area (TPSA) is 85.6 Å². The van der Waals surface area contributed by atoms with Crippen LogP contribution in [0.2, 0.25) is 0 Å². The van der Waals surface area contributed by atoms with Gasteiger partial charge in [-0.05, 0) is 23.8 Å². The van der Waals surface area contributed by atoms with Gasteiger partial charge in [-0.3, -0.25) is 10.0 Å². The zero-order valence-electron chi connectivity index (χ0n) is 14.8. The second-order valence-corrected chi connectivity index (χ2v) is 5.98. The number of nitrogens with one attached hydrogen (secondary N) is 1. The number of carbonyl (C=O) groups excluding carboxylic acids is 1. The van der Waals surface area contributed by atoms with E-state index in [1.54, 1.807) is 37.0 Å². The van der Waals surface area contributed by atoms with Crippen LogP contribution < -0.4 is 5.48 Å². The minimum absolute atomic E-state index is 0.0997. The summed E-state index contributed by atoms with van der Waals surface area (Å²) in [5.41, 5.74) is 4.29. The minimum Gasteiger partial charge on any atom is -0.382 e. The summed E-state index contributed by atoms with van der Waals surface area (Å²) in [5, 5.41) is 9.63. The van der Waals surface area contributed by atoms with E-state index in [0.717, 1.165) is 22.0 Å². The highest BCUT2D eigenvalue weighted by Gasteiger charge is 2.14. The van der Waals surface area contributed by atoms with Crippen LogP contribution in [0.3, 0.4) is 0 Å². The fourth-order valence-electron chi connectivity index (χ4n) is 2.80. The average Bonchev–Trinajstić information content (AvgIpc) is 3.03. The Kier molecular flexibility index (Phi) is 6.12. The third-order valence-electron chi connectivity index (χ3n) is 4.14. The number of carbonyl (C=O) groups is 1. The number of rotatable bonds is 8. The third kappa shape index (κ3) is 4.48. The SMILES string of the molecule is COCCOCc1cn(Cc2ccc(F)cc2)c2cnc(C(=O)NO)cc12. The Morgan fingerprint density at radius 1 is 1.30 bits per heavy atom. The van der Waals surface area contributed by atoms with Crippen LogP contribution in [-0.4, -0.2) is 41.0 Å². The second kappa shape index (κ2) is 8.72. The number of hydrogen-bond donors (Lipinski definition) is 2. The fraction of sp³-hybridized carbons (Fsp3) is 0.263. The van der Waals surface area contributed by atoms with Gasteiger partial charge in [0.15, 0.2) is 0 Å². The molecule has 0 aliphatic heterocycles. The van der Waals surface area contributed by atoms with E-state index in [4.69, 9.17) is 14.7 Å². The summed E-state index contributed by atoms with van der Waals surface area (Å²) in [4.78, 5) is 15.8. The van der Waals surface area contributed by atoms with Crippen LogP contribution in [0.5, 0.6) is 0 Å². The molecule has 7 nitrogen and oxygen atoms in total. The van der Waals surface area contributed by atoms with Crippen LogP contribution in [0.4, 0.5) is 4.39 Å². The first-order valence-electron chi connectivity index (χ1n) is 8.35. The summed E-state index contributed by atoms with van der Waals surface area (Å²) in [6, 6.07) is 7.88. The van der Waals surface area contributed by atoms with Gasteiger partial charge in [-0.25, -0.2) is 14.9 Å². The average molecular weight is 373 g/mol. The molecule has 0 aliphatic carbocycles. The van der Waals surface area contributed by atoms with Crippen molar-refractivity contribution in [2.75, 3.05) is 20.3 Å². The molecule has 0 bridgehead atoms. The van der Waals surface area contributed by atoms with E-state index < -0.39 is 5.91 Å². The molecule has 2 aromatic heterocycles. The molecule has 142 valence electrons. The largest absolute Gasteiger partial charge is 0.382 e. The van der Waals surface area contributed by atoms with Gasteiger partial charge in [0.05, 0.1) is 31.5 Å². The zero-order valence-corrected chi connectivity index (χ0v) is 14.8. The Hall–Kier alpha value is -2.81. The predicted octanol–water partition coefficient (Wildman–Crippen LogP) is 2.51. The van der Waals surface area contributed by atoms with Crippen LogP contribution in [0.1, 0.15) is 21.6 Å². The highest BCUT2D eigenvalue weighted by Crippen LogP contribution is 2.24. The first kappa shape index (κ1) is 19.0. The number of methoxy groups -OCH3 is 1. The lowest BCUT2D eigenvalue weighted by molar-refractivity contribution is 0.0621. The molecule has 3 rings (SSSR count). The van der Waals surface area contributed by atoms with Crippen LogP contribution in [0.25, 0.3) is 10.9 Å². The van der Waals surface area contributed by atoms with E-state index in [-0.39, 0.29) is 11.5 Å². The minimum atomic E-state index is -0.686. The van der Waals surface area contributed by atoms with Crippen molar-refractivity contribution in [1.29, 1.82) is 0 Å². The monoisotopic (exact) mass is 373 g/mol. The molecule has 0 atom stereocenters. The quantitative estimate of drug-likeness (QED) is 0.360. The number of pyridine rings is 1. The Labute approximate surface area is 155 Å². The van der Waals surface area contributed by atoms with Crippen LogP contribution in [0, 0.1) is 5.82 Å². The molecule has 3 aromatic rings. The predicted molar refractivity (Wildman–Crippen MR) is 96.0 cm³/mol. The maximum Gasteiger partial charge on any atom is 0.293 e. The number of amides is 1. The molecule has 0 unspecified atom stereocenters. The maximum atomic E-state index is 13.1. The summed E-state index contributed by atoms with van der Waals surface area (Å²) in [5.74, 6) is -0.973. The van der Waals surface area contributed by atoms with Crippen molar-refractivity contribution in [3.63, 3.8) is 0 Å². The molecule has 2 heterocycles. The van der Waals surface area contributed by atoms with Crippen molar-refractivity contribution in [1.82, 2.24) is 15.0 Å². The molecule has 27 heavy (non-hydrogen) atoms. The van der Waals surface area contributed by atoms with Gasteiger partial charge >= 0.3 is 0 Å². The van der Waals surface area contributed by atoms with E-state index in [0.29, 0.717) is 26.4 Å². The number of hydrogen-bond acceptors (Lipinski definition) is 5. The lowest BCUT2D eigenvalue weighted by atomic mass is 10.2. The van der Waals surface area contributed by atoms with E-state index in [1.165, 1.54) is 12.1 Å². The van der Waals surface area contributed by atoms with Gasteiger partial charge < -0.3 is 14.0 Å². The smallest absolute Gasteiger partial charge is 0.293 e. The Balaban J connectivity index is 1.94. The lowest BCUT2D eigenvalue weighted by Crippen LogP contribution is -2.19. The van der Waals surface area contributed by atoms with E-state index >= 15 is 0 Å². The Morgan fingerprint density at radius 3 is 2.78 bits per heavy atom. The number of hydroxylamine groups is 1. The highest BCUT2D eigenvalue weighted by atomic mass is 19.1. The van der Waals surface area contributed by atoms with Crippen molar-refractivity contribution < 1.29 is 23.9 Å². The van der Waals surface area contributed by atoms with Gasteiger partial charge in [0.25, 0.3) is 5.91 Å². The van der Waals surface area contributed by atoms with Gasteiger partial charge in [-0.2, -0.15) is 0 Å². The van der Waals surface area contributed by atoms with Gasteiger partial charge in [0, 0.05) is 30.8 Å². The molecule has 0 saturated carbocycles. The molecule has 2 N–H and O–H groups in total. The summed E-state index contributed by atoms with van der Waals surface area (Å²) in [7, 11) is 1.60. The van der Waals surface area contributed by atoms with Crippen molar-refractivity contribution in [3.05, 3.63) is 65.4 Å². The van der Waals surface area contributed by atoms with Gasteiger partial charge in [0.2, 0.25) is 0 Å². The van der Waals surface area contributed by atoms with Crippen molar-refractivity contribution in [2.24, 2.45) is 0 Å². The molecule has 0 spiro atoms. The van der Waals surface area contributed by atoms with Crippen molar-refractivity contribution in [3.8, 4) is 0 Å². The molecule has 0 saturated heterocycles. The Morgan fingerprint density at radius 2 is 2.07 bits per heavy atom. The number of nitrogens with zero attached hydrogens (tertiary/aromatic N) is 2. The zero-order chi connectivity index (χ0) is 19.2. The van der Waals surface area contributed by atoms with E-state index in [1.807, 2.05) is 10.8 Å². The van der Waals surface area contributed by atoms with Gasteiger partial charge in [-0.1, -0.05) is 12.1 Å². The highest BCUT2D eigenvalue weighted by molar-refractivity contribution is 5.96. The number of ether oxygens (including phenoxy) is 2. The molecule has 0 fully saturated rings. The van der Waals surface area contributed by atoms with E-state index in [2.05, 4.69) is 4.98 Å². The molecule has 8 heteroatoms. The molecular formula is C19H20FN3O4. The maximum absolute atomic E-state index is 13.1. The molecule has 1 aromatic carbocycles. The van der Waals surface area contributed by atoms with Crippen LogP contribution in [0.15, 0.2) is 42.7 Å². The number of halogens is 1. The van der Waals surface area contributed by atoms with Gasteiger partial charge in [0.1, 0.15) is 11.5 Å². The van der Waals surface area contributed by atoms with Crippen molar-refractivity contribution >= 4 is 16.8 Å². The summed E-state index contributed by atoms with van der Waals surface area (Å²) in [6.07, 6.45) is 3.49. The summed E-state index contributed by atoms with van der Waals surface area (Å²) < 4.78 is 25.7. The van der Waals surface area contributed by atoms with Crippen molar-refractivity contribution in [2.45, 2.75) is 13.2 Å². The van der Waals surface area contributed by atoms with Crippen LogP contribution >= 0.6 is 0 Å². The molecule has 0 aliphatic rings. The standard InChI is InChI=1S/C19H20FN3O4/c1-26-6-7-27-12-14-11-23(10-13-2-4-15(20)5-3-13)18-9-21-17(8-16(14)18)19(24)22-25/h2-5,8-9,11,25H,6-7,10,12H2,1H3,(H,22,24). The molecule has 1 amide bonds. The fourth-order valence-corrected chi connectivity index (χ4v) is 2.80.